The van der Waals surface area contributed by atoms with E-state index in [1.807, 2.05) is 26.0 Å². The molecule has 1 fully saturated rings. The number of sulfonamides is 1. The van der Waals surface area contributed by atoms with Crippen molar-refractivity contribution in [2.45, 2.75) is 84.1 Å². The predicted octanol–water partition coefficient (Wildman–Crippen LogP) is 3.42. The minimum atomic E-state index is -3.51. The topological polar surface area (TPSA) is 125 Å². The fourth-order valence-corrected chi connectivity index (χ4v) is 6.50. The van der Waals surface area contributed by atoms with Crippen LogP contribution in [0.25, 0.3) is 0 Å². The highest BCUT2D eigenvalue weighted by Gasteiger charge is 2.47. The zero-order valence-electron chi connectivity index (χ0n) is 23.1. The van der Waals surface area contributed by atoms with Crippen molar-refractivity contribution in [1.29, 1.82) is 0 Å². The standard InChI is InChI=1S/C28H41N5O4S/c1-5-6-7-8-9-10-11-12-25-30-26(34)28(31-25)14-16-33(17-15-28)38(36,37)18-13-24-21(2)19-23(20-22(24)3)32(4)27(29)35/h19-20H,5-8,11-18H2,1-4H3,(H2,29,35)(H,30,31,34). The monoisotopic (exact) mass is 543 g/mol. The number of aliphatic imine (C=N–C) groups is 1. The van der Waals surface area contributed by atoms with E-state index in [2.05, 4.69) is 24.1 Å². The first-order valence-electron chi connectivity index (χ1n) is 13.5. The zero-order valence-corrected chi connectivity index (χ0v) is 23.9. The Morgan fingerprint density at radius 2 is 1.76 bits per heavy atom. The lowest BCUT2D eigenvalue weighted by atomic mass is 9.89. The molecule has 1 aromatic rings. The molecule has 3 N–H and O–H groups in total. The third kappa shape index (κ3) is 7.14. The fraction of sp³-hybridized carbons (Fsp3) is 0.607. The molecule has 2 aliphatic heterocycles. The summed E-state index contributed by atoms with van der Waals surface area (Å²) in [6.45, 7) is 6.52. The first-order valence-corrected chi connectivity index (χ1v) is 15.1. The van der Waals surface area contributed by atoms with Crippen molar-refractivity contribution in [3.63, 3.8) is 0 Å². The summed E-state index contributed by atoms with van der Waals surface area (Å²) in [5.41, 5.74) is 7.95. The fourth-order valence-electron chi connectivity index (χ4n) is 5.04. The molecule has 0 atom stereocenters. The van der Waals surface area contributed by atoms with Crippen LogP contribution in [0.5, 0.6) is 0 Å². The Morgan fingerprint density at radius 3 is 2.37 bits per heavy atom. The van der Waals surface area contributed by atoms with Crippen LogP contribution >= 0.6 is 0 Å². The molecule has 0 unspecified atom stereocenters. The smallest absolute Gasteiger partial charge is 0.318 e. The van der Waals surface area contributed by atoms with Gasteiger partial charge in [-0.25, -0.2) is 17.5 Å². The molecule has 208 valence electrons. The number of urea groups is 1. The van der Waals surface area contributed by atoms with Gasteiger partial charge in [0.1, 0.15) is 11.4 Å². The lowest BCUT2D eigenvalue weighted by Crippen LogP contribution is -2.50. The molecule has 10 heteroatoms. The van der Waals surface area contributed by atoms with Crippen LogP contribution in [0.15, 0.2) is 17.1 Å². The molecular weight excluding hydrogens is 502 g/mol. The van der Waals surface area contributed by atoms with Gasteiger partial charge in [0.15, 0.2) is 0 Å². The minimum Gasteiger partial charge on any atom is -0.351 e. The summed E-state index contributed by atoms with van der Waals surface area (Å²) in [6, 6.07) is 3.13. The van der Waals surface area contributed by atoms with Crippen molar-refractivity contribution in [2.24, 2.45) is 10.7 Å². The van der Waals surface area contributed by atoms with Crippen LogP contribution in [0.4, 0.5) is 10.5 Å². The second-order valence-electron chi connectivity index (χ2n) is 10.3. The average Bonchev–Trinajstić information content (AvgIpc) is 3.16. The Morgan fingerprint density at radius 1 is 1.13 bits per heavy atom. The van der Waals surface area contributed by atoms with Gasteiger partial charge in [0.2, 0.25) is 10.0 Å². The number of unbranched alkanes of at least 4 members (excludes halogenated alkanes) is 3. The normalized spacial score (nSPS) is 17.1. The SMILES string of the molecule is CCCCCC#CCCC1=NC2(CCN(S(=O)(=O)CCc3c(C)cc(N(C)C(N)=O)cc3C)CC2)C(=O)N1. The maximum atomic E-state index is 13.2. The number of primary amides is 1. The number of amidine groups is 1. The van der Waals surface area contributed by atoms with Gasteiger partial charge in [0, 0.05) is 45.1 Å². The molecule has 0 radical (unpaired) electrons. The van der Waals surface area contributed by atoms with Crippen LogP contribution < -0.4 is 16.0 Å². The molecule has 1 spiro atoms. The molecule has 38 heavy (non-hydrogen) atoms. The van der Waals surface area contributed by atoms with Gasteiger partial charge in [0.05, 0.1) is 5.75 Å². The number of anilines is 1. The van der Waals surface area contributed by atoms with Gasteiger partial charge in [-0.1, -0.05) is 19.8 Å². The number of nitrogens with zero attached hydrogens (tertiary/aromatic N) is 3. The molecule has 9 nitrogen and oxygen atoms in total. The summed E-state index contributed by atoms with van der Waals surface area (Å²) in [4.78, 5) is 30.3. The first kappa shape index (κ1) is 29.7. The van der Waals surface area contributed by atoms with Crippen LogP contribution in [-0.4, -0.2) is 61.9 Å². The van der Waals surface area contributed by atoms with Crippen molar-refractivity contribution >= 4 is 33.5 Å². The van der Waals surface area contributed by atoms with Gasteiger partial charge in [-0.3, -0.25) is 14.7 Å². The van der Waals surface area contributed by atoms with Crippen molar-refractivity contribution in [2.75, 3.05) is 30.8 Å². The van der Waals surface area contributed by atoms with E-state index in [1.165, 1.54) is 22.0 Å². The van der Waals surface area contributed by atoms with Crippen LogP contribution in [0.1, 0.15) is 75.0 Å². The van der Waals surface area contributed by atoms with E-state index in [9.17, 15) is 18.0 Å². The zero-order chi connectivity index (χ0) is 27.9. The quantitative estimate of drug-likeness (QED) is 0.346. The Kier molecular flexibility index (Phi) is 9.96. The molecular formula is C28H41N5O4S. The molecule has 3 amide bonds. The highest BCUT2D eigenvalue weighted by atomic mass is 32.2. The van der Waals surface area contributed by atoms with E-state index < -0.39 is 21.6 Å². The number of hydrogen-bond donors (Lipinski definition) is 2. The molecule has 0 bridgehead atoms. The van der Waals surface area contributed by atoms with Gasteiger partial charge in [-0.15, -0.1) is 11.8 Å². The maximum absolute atomic E-state index is 13.2. The summed E-state index contributed by atoms with van der Waals surface area (Å²) >= 11 is 0. The van der Waals surface area contributed by atoms with Crippen LogP contribution in [-0.2, 0) is 21.2 Å². The van der Waals surface area contributed by atoms with E-state index in [1.54, 1.807) is 7.05 Å². The van der Waals surface area contributed by atoms with Gasteiger partial charge in [-0.2, -0.15) is 0 Å². The molecule has 0 saturated carbocycles. The first-order chi connectivity index (χ1) is 18.0. The van der Waals surface area contributed by atoms with E-state index in [4.69, 9.17) is 10.7 Å². The number of carbonyl (C=O) groups excluding carboxylic acids is 2. The minimum absolute atomic E-state index is 0.0235. The highest BCUT2D eigenvalue weighted by molar-refractivity contribution is 7.89. The second kappa shape index (κ2) is 12.8. The largest absolute Gasteiger partial charge is 0.351 e. The Labute approximate surface area is 227 Å². The van der Waals surface area contributed by atoms with Crippen molar-refractivity contribution < 1.29 is 18.0 Å². The summed E-state index contributed by atoms with van der Waals surface area (Å²) in [5.74, 6) is 6.84. The highest BCUT2D eigenvalue weighted by Crippen LogP contribution is 2.32. The van der Waals surface area contributed by atoms with Crippen molar-refractivity contribution in [3.05, 3.63) is 28.8 Å². The number of hydrogen-bond acceptors (Lipinski definition) is 5. The lowest BCUT2D eigenvalue weighted by Gasteiger charge is -2.34. The van der Waals surface area contributed by atoms with E-state index in [0.717, 1.165) is 29.5 Å². The summed E-state index contributed by atoms with van der Waals surface area (Å²) in [6.07, 6.45) is 6.74. The number of piperidine rings is 1. The Balaban J connectivity index is 1.56. The molecule has 0 aliphatic carbocycles. The number of amides is 3. The third-order valence-corrected chi connectivity index (χ3v) is 9.37. The van der Waals surface area contributed by atoms with E-state index >= 15 is 0 Å². The molecule has 2 aliphatic rings. The second-order valence-corrected chi connectivity index (χ2v) is 12.4. The molecule has 0 aromatic heterocycles. The molecule has 3 rings (SSSR count). The van der Waals surface area contributed by atoms with Crippen molar-refractivity contribution in [3.8, 4) is 11.8 Å². The van der Waals surface area contributed by atoms with Gasteiger partial charge in [-0.05, 0) is 68.4 Å². The number of nitrogens with one attached hydrogen (secondary N) is 1. The number of aryl methyl sites for hydroxylation is 2. The van der Waals surface area contributed by atoms with E-state index in [-0.39, 0.29) is 24.7 Å². The predicted molar refractivity (Wildman–Crippen MR) is 152 cm³/mol. The lowest BCUT2D eigenvalue weighted by molar-refractivity contribution is -0.124. The average molecular weight is 544 g/mol. The van der Waals surface area contributed by atoms with Crippen LogP contribution in [0.2, 0.25) is 0 Å². The summed E-state index contributed by atoms with van der Waals surface area (Å²) in [7, 11) is -1.91. The van der Waals surface area contributed by atoms with Gasteiger partial charge < -0.3 is 11.1 Å². The number of carbonyl (C=O) groups is 2. The van der Waals surface area contributed by atoms with E-state index in [0.29, 0.717) is 43.6 Å². The van der Waals surface area contributed by atoms with Crippen molar-refractivity contribution in [1.82, 2.24) is 9.62 Å². The Hall–Kier alpha value is -2.90. The number of benzene rings is 1. The number of nitrogens with two attached hydrogens (primary N) is 1. The van der Waals surface area contributed by atoms with Crippen LogP contribution in [0, 0.1) is 25.7 Å². The Bertz CT molecular complexity index is 1210. The molecule has 1 aromatic carbocycles. The maximum Gasteiger partial charge on any atom is 0.318 e. The van der Waals surface area contributed by atoms with Gasteiger partial charge in [0.25, 0.3) is 5.91 Å². The molecule has 1 saturated heterocycles. The van der Waals surface area contributed by atoms with Crippen LogP contribution in [0.3, 0.4) is 0 Å². The number of rotatable bonds is 10. The summed E-state index contributed by atoms with van der Waals surface area (Å²) in [5, 5.41) is 2.90. The van der Waals surface area contributed by atoms with Gasteiger partial charge >= 0.3 is 6.03 Å². The molecule has 2 heterocycles. The third-order valence-electron chi connectivity index (χ3n) is 7.50. The summed E-state index contributed by atoms with van der Waals surface area (Å²) < 4.78 is 27.8.